The van der Waals surface area contributed by atoms with Crippen molar-refractivity contribution in [2.24, 2.45) is 0 Å². The number of thiazole rings is 1. The van der Waals surface area contributed by atoms with Gasteiger partial charge in [0.1, 0.15) is 5.76 Å². The maximum Gasteiger partial charge on any atom is 0.233 e. The van der Waals surface area contributed by atoms with Crippen molar-refractivity contribution in [3.8, 4) is 11.3 Å². The lowest BCUT2D eigenvalue weighted by Gasteiger charge is -2.09. The molecule has 4 nitrogen and oxygen atoms in total. The number of aromatic nitrogens is 1. The third kappa shape index (κ3) is 4.24. The first-order valence-electron chi connectivity index (χ1n) is 7.20. The highest BCUT2D eigenvalue weighted by Gasteiger charge is 2.16. The van der Waals surface area contributed by atoms with Crippen LogP contribution in [0, 0.1) is 0 Å². The van der Waals surface area contributed by atoms with Gasteiger partial charge in [0, 0.05) is 10.9 Å². The van der Waals surface area contributed by atoms with Crippen LogP contribution in [0.1, 0.15) is 12.7 Å². The normalized spacial score (nSPS) is 12.0. The fourth-order valence-electron chi connectivity index (χ4n) is 1.99. The van der Waals surface area contributed by atoms with Crippen molar-refractivity contribution in [1.29, 1.82) is 0 Å². The standard InChI is InChI=1S/C17H16N2O2S2/c1-12(16(20)18-10-14-8-5-9-21-14)23-17-19-15(11-22-17)13-6-3-2-4-7-13/h2-9,11-12H,10H2,1H3,(H,18,20). The summed E-state index contributed by atoms with van der Waals surface area (Å²) in [6, 6.07) is 13.7. The highest BCUT2D eigenvalue weighted by Crippen LogP contribution is 2.30. The molecule has 0 bridgehead atoms. The molecule has 1 aromatic carbocycles. The van der Waals surface area contributed by atoms with Crippen molar-refractivity contribution >= 4 is 29.0 Å². The Kier molecular flexibility index (Phi) is 5.15. The van der Waals surface area contributed by atoms with Crippen LogP contribution in [0.2, 0.25) is 0 Å². The maximum absolute atomic E-state index is 12.1. The van der Waals surface area contributed by atoms with Crippen molar-refractivity contribution in [2.45, 2.75) is 23.1 Å². The second kappa shape index (κ2) is 7.48. The molecule has 0 fully saturated rings. The van der Waals surface area contributed by atoms with Crippen LogP contribution >= 0.6 is 23.1 Å². The van der Waals surface area contributed by atoms with Gasteiger partial charge < -0.3 is 9.73 Å². The van der Waals surface area contributed by atoms with Gasteiger partial charge >= 0.3 is 0 Å². The van der Waals surface area contributed by atoms with E-state index in [-0.39, 0.29) is 11.2 Å². The van der Waals surface area contributed by atoms with E-state index in [0.717, 1.165) is 21.4 Å². The molecule has 1 unspecified atom stereocenters. The maximum atomic E-state index is 12.1. The number of furan rings is 1. The molecule has 0 aliphatic carbocycles. The summed E-state index contributed by atoms with van der Waals surface area (Å²) in [7, 11) is 0. The Morgan fingerprint density at radius 3 is 2.87 bits per heavy atom. The van der Waals surface area contributed by atoms with Crippen LogP contribution < -0.4 is 5.32 Å². The number of benzene rings is 1. The minimum atomic E-state index is -0.209. The first kappa shape index (κ1) is 15.8. The van der Waals surface area contributed by atoms with Crippen molar-refractivity contribution in [3.63, 3.8) is 0 Å². The molecule has 2 aromatic heterocycles. The summed E-state index contributed by atoms with van der Waals surface area (Å²) < 4.78 is 6.10. The van der Waals surface area contributed by atoms with Gasteiger partial charge in [-0.25, -0.2) is 4.98 Å². The summed E-state index contributed by atoms with van der Waals surface area (Å²) in [5.74, 6) is 0.721. The topological polar surface area (TPSA) is 55.1 Å². The Hall–Kier alpha value is -2.05. The molecule has 3 aromatic rings. The number of amides is 1. The van der Waals surface area contributed by atoms with Gasteiger partial charge in [0.25, 0.3) is 0 Å². The highest BCUT2D eigenvalue weighted by atomic mass is 32.2. The summed E-state index contributed by atoms with van der Waals surface area (Å²) in [6.07, 6.45) is 1.60. The van der Waals surface area contributed by atoms with E-state index < -0.39 is 0 Å². The van der Waals surface area contributed by atoms with E-state index in [9.17, 15) is 4.79 Å². The number of hydrogen-bond donors (Lipinski definition) is 1. The number of nitrogens with zero attached hydrogens (tertiary/aromatic N) is 1. The van der Waals surface area contributed by atoms with Crippen LogP contribution in [0.5, 0.6) is 0 Å². The summed E-state index contributed by atoms with van der Waals surface area (Å²) in [5.41, 5.74) is 2.03. The monoisotopic (exact) mass is 344 g/mol. The molecule has 1 amide bonds. The van der Waals surface area contributed by atoms with Crippen LogP contribution in [-0.2, 0) is 11.3 Å². The van der Waals surface area contributed by atoms with Gasteiger partial charge in [-0.1, -0.05) is 42.1 Å². The SMILES string of the molecule is CC(Sc1nc(-c2ccccc2)cs1)C(=O)NCc1ccco1. The predicted octanol–water partition coefficient (Wildman–Crippen LogP) is 4.20. The quantitative estimate of drug-likeness (QED) is 0.681. The van der Waals surface area contributed by atoms with E-state index in [1.165, 1.54) is 11.8 Å². The fourth-order valence-corrected chi connectivity index (χ4v) is 3.98. The molecule has 0 aliphatic rings. The van der Waals surface area contributed by atoms with Gasteiger partial charge in [-0.15, -0.1) is 11.3 Å². The van der Waals surface area contributed by atoms with Gasteiger partial charge in [0.15, 0.2) is 4.34 Å². The highest BCUT2D eigenvalue weighted by molar-refractivity contribution is 8.02. The molecule has 3 rings (SSSR count). The van der Waals surface area contributed by atoms with Crippen LogP contribution in [0.4, 0.5) is 0 Å². The molecule has 0 spiro atoms. The summed E-state index contributed by atoms with van der Waals surface area (Å²) in [6.45, 7) is 2.29. The number of hydrogen-bond acceptors (Lipinski definition) is 5. The molecule has 0 saturated carbocycles. The number of carbonyl (C=O) groups excluding carboxylic acids is 1. The van der Waals surface area contributed by atoms with Gasteiger partial charge in [-0.3, -0.25) is 4.79 Å². The summed E-state index contributed by atoms with van der Waals surface area (Å²) >= 11 is 3.03. The van der Waals surface area contributed by atoms with E-state index >= 15 is 0 Å². The number of rotatable bonds is 6. The Bertz CT molecular complexity index is 754. The van der Waals surface area contributed by atoms with Crippen molar-refractivity contribution in [2.75, 3.05) is 0 Å². The van der Waals surface area contributed by atoms with E-state index in [1.54, 1.807) is 23.7 Å². The molecule has 23 heavy (non-hydrogen) atoms. The fraction of sp³-hybridized carbons (Fsp3) is 0.176. The number of thioether (sulfide) groups is 1. The third-order valence-corrected chi connectivity index (χ3v) is 5.29. The van der Waals surface area contributed by atoms with Crippen molar-refractivity contribution in [3.05, 3.63) is 59.9 Å². The number of nitrogens with one attached hydrogen (secondary N) is 1. The van der Waals surface area contributed by atoms with Gasteiger partial charge in [0.2, 0.25) is 5.91 Å². The molecule has 0 aliphatic heterocycles. The van der Waals surface area contributed by atoms with E-state index in [0.29, 0.717) is 6.54 Å². The van der Waals surface area contributed by atoms with Crippen LogP contribution in [0.3, 0.4) is 0 Å². The van der Waals surface area contributed by atoms with Gasteiger partial charge in [0.05, 0.1) is 23.8 Å². The average Bonchev–Trinajstić information content (AvgIpc) is 3.25. The first-order chi connectivity index (χ1) is 11.2. The van der Waals surface area contributed by atoms with E-state index in [4.69, 9.17) is 4.42 Å². The minimum Gasteiger partial charge on any atom is -0.467 e. The Morgan fingerprint density at radius 2 is 2.13 bits per heavy atom. The molecule has 1 N–H and O–H groups in total. The molecule has 2 heterocycles. The second-order valence-electron chi connectivity index (χ2n) is 4.92. The lowest BCUT2D eigenvalue weighted by Crippen LogP contribution is -2.30. The Balaban J connectivity index is 1.56. The van der Waals surface area contributed by atoms with E-state index in [2.05, 4.69) is 10.3 Å². The lowest BCUT2D eigenvalue weighted by atomic mass is 10.2. The average molecular weight is 344 g/mol. The number of carbonyl (C=O) groups is 1. The Morgan fingerprint density at radius 1 is 1.30 bits per heavy atom. The molecular formula is C17H16N2O2S2. The molecule has 6 heteroatoms. The minimum absolute atomic E-state index is 0.0251. The van der Waals surface area contributed by atoms with E-state index in [1.807, 2.05) is 48.7 Å². The first-order valence-corrected chi connectivity index (χ1v) is 8.96. The third-order valence-electron chi connectivity index (χ3n) is 3.22. The zero-order valence-electron chi connectivity index (χ0n) is 12.6. The molecule has 118 valence electrons. The van der Waals surface area contributed by atoms with Crippen LogP contribution in [0.15, 0.2) is 62.9 Å². The van der Waals surface area contributed by atoms with Gasteiger partial charge in [-0.05, 0) is 19.1 Å². The Labute approximate surface area is 142 Å². The van der Waals surface area contributed by atoms with Crippen molar-refractivity contribution in [1.82, 2.24) is 10.3 Å². The molecule has 0 radical (unpaired) electrons. The van der Waals surface area contributed by atoms with Crippen molar-refractivity contribution < 1.29 is 9.21 Å². The molecular weight excluding hydrogens is 328 g/mol. The lowest BCUT2D eigenvalue weighted by molar-refractivity contribution is -0.120. The largest absolute Gasteiger partial charge is 0.467 e. The molecule has 1 atom stereocenters. The van der Waals surface area contributed by atoms with Crippen LogP contribution in [0.25, 0.3) is 11.3 Å². The summed E-state index contributed by atoms with van der Waals surface area (Å²) in [5, 5.41) is 4.68. The molecule has 0 saturated heterocycles. The van der Waals surface area contributed by atoms with Crippen LogP contribution in [-0.4, -0.2) is 16.1 Å². The zero-order chi connectivity index (χ0) is 16.1. The zero-order valence-corrected chi connectivity index (χ0v) is 14.2. The predicted molar refractivity (Wildman–Crippen MR) is 93.4 cm³/mol. The second-order valence-corrected chi connectivity index (χ2v) is 7.37. The summed E-state index contributed by atoms with van der Waals surface area (Å²) in [4.78, 5) is 16.7. The smallest absolute Gasteiger partial charge is 0.233 e. The van der Waals surface area contributed by atoms with Gasteiger partial charge in [-0.2, -0.15) is 0 Å².